The van der Waals surface area contributed by atoms with Gasteiger partial charge in [-0.15, -0.1) is 0 Å². The average Bonchev–Trinajstić information content (AvgIpc) is 2.80. The molecule has 3 aliphatic rings. The van der Waals surface area contributed by atoms with Crippen LogP contribution >= 0.6 is 0 Å². The lowest BCUT2D eigenvalue weighted by molar-refractivity contribution is 0.0473. The van der Waals surface area contributed by atoms with E-state index in [1.54, 1.807) is 0 Å². The van der Waals surface area contributed by atoms with Crippen LogP contribution in [0.1, 0.15) is 54.5 Å². The molecule has 0 aromatic carbocycles. The standard InChI is InChI=1S/C16H22N4O2/c1-8(2)14-13-15(18-9(3)17-14)20-6-10-4-5-11(19-10)12(20)7-22-16(13)21/h8,10-12,19H,4-7H2,1-3H3/t10-,11?,12?/m0/s1. The molecule has 6 heteroatoms. The van der Waals surface area contributed by atoms with Crippen molar-refractivity contribution in [3.05, 3.63) is 17.1 Å². The molecule has 1 N–H and O–H groups in total. The van der Waals surface area contributed by atoms with Gasteiger partial charge in [0, 0.05) is 18.6 Å². The second kappa shape index (κ2) is 4.91. The number of rotatable bonds is 1. The summed E-state index contributed by atoms with van der Waals surface area (Å²) < 4.78 is 5.58. The number of nitrogens with one attached hydrogen (secondary N) is 1. The number of hydrogen-bond donors (Lipinski definition) is 1. The molecule has 3 atom stereocenters. The highest BCUT2D eigenvalue weighted by atomic mass is 16.5. The highest BCUT2D eigenvalue weighted by Gasteiger charge is 2.45. The van der Waals surface area contributed by atoms with Crippen LogP contribution in [0.3, 0.4) is 0 Å². The van der Waals surface area contributed by atoms with Gasteiger partial charge in [0.1, 0.15) is 23.8 Å². The van der Waals surface area contributed by atoms with E-state index in [-0.39, 0.29) is 17.9 Å². The van der Waals surface area contributed by atoms with Crippen molar-refractivity contribution in [2.75, 3.05) is 18.1 Å². The van der Waals surface area contributed by atoms with E-state index in [9.17, 15) is 4.79 Å². The molecule has 1 aromatic rings. The first-order chi connectivity index (χ1) is 10.5. The molecule has 22 heavy (non-hydrogen) atoms. The van der Waals surface area contributed by atoms with E-state index in [4.69, 9.17) is 4.74 Å². The van der Waals surface area contributed by atoms with Crippen molar-refractivity contribution in [1.29, 1.82) is 0 Å². The highest BCUT2D eigenvalue weighted by molar-refractivity contribution is 5.97. The number of carbonyl (C=O) groups excluding carboxylic acids is 1. The molecule has 1 aromatic heterocycles. The zero-order valence-electron chi connectivity index (χ0n) is 13.3. The summed E-state index contributed by atoms with van der Waals surface area (Å²) in [5.74, 6) is 1.40. The number of cyclic esters (lactones) is 1. The highest BCUT2D eigenvalue weighted by Crippen LogP contribution is 2.36. The van der Waals surface area contributed by atoms with Gasteiger partial charge >= 0.3 is 5.97 Å². The molecule has 0 amide bonds. The molecule has 2 unspecified atom stereocenters. The molecule has 3 aliphatic heterocycles. The maximum absolute atomic E-state index is 12.5. The Balaban J connectivity index is 1.88. The monoisotopic (exact) mass is 302 g/mol. The van der Waals surface area contributed by atoms with Crippen molar-refractivity contribution in [2.45, 2.75) is 57.7 Å². The SMILES string of the molecule is Cc1nc(C(C)C)c2c(n1)N1C[C@@H]3CCC(N3)C1COC2=O. The third-order valence-electron chi connectivity index (χ3n) is 5.00. The van der Waals surface area contributed by atoms with Crippen LogP contribution in [0.4, 0.5) is 5.82 Å². The first-order valence-corrected chi connectivity index (χ1v) is 8.13. The average molecular weight is 302 g/mol. The number of hydrogen-bond acceptors (Lipinski definition) is 6. The summed E-state index contributed by atoms with van der Waals surface area (Å²) in [4.78, 5) is 24.0. The van der Waals surface area contributed by atoms with Crippen LogP contribution in [0.15, 0.2) is 0 Å². The quantitative estimate of drug-likeness (QED) is 0.791. The summed E-state index contributed by atoms with van der Waals surface area (Å²) in [6, 6.07) is 1.05. The minimum Gasteiger partial charge on any atom is -0.460 e. The first-order valence-electron chi connectivity index (χ1n) is 8.13. The molecule has 0 aliphatic carbocycles. The fraction of sp³-hybridized carbons (Fsp3) is 0.688. The van der Waals surface area contributed by atoms with Gasteiger partial charge in [0.15, 0.2) is 0 Å². The van der Waals surface area contributed by atoms with Crippen molar-refractivity contribution in [3.63, 3.8) is 0 Å². The predicted molar refractivity (Wildman–Crippen MR) is 82.2 cm³/mol. The Labute approximate surface area is 130 Å². The van der Waals surface area contributed by atoms with Crippen LogP contribution in [0.5, 0.6) is 0 Å². The summed E-state index contributed by atoms with van der Waals surface area (Å²) in [6.07, 6.45) is 2.32. The molecule has 4 rings (SSSR count). The Morgan fingerprint density at radius 2 is 2.14 bits per heavy atom. The molecule has 6 nitrogen and oxygen atoms in total. The molecule has 2 saturated heterocycles. The molecule has 2 bridgehead atoms. The number of fused-ring (bicyclic) bond motifs is 6. The fourth-order valence-corrected chi connectivity index (χ4v) is 3.97. The number of esters is 1. The maximum Gasteiger partial charge on any atom is 0.343 e. The summed E-state index contributed by atoms with van der Waals surface area (Å²) in [7, 11) is 0. The Morgan fingerprint density at radius 1 is 1.32 bits per heavy atom. The van der Waals surface area contributed by atoms with E-state index >= 15 is 0 Å². The van der Waals surface area contributed by atoms with Gasteiger partial charge in [-0.05, 0) is 25.7 Å². The summed E-state index contributed by atoms with van der Waals surface area (Å²) in [5, 5.41) is 3.64. The molecule has 2 fully saturated rings. The van der Waals surface area contributed by atoms with Gasteiger partial charge in [-0.3, -0.25) is 0 Å². The molecular formula is C16H22N4O2. The molecule has 0 saturated carbocycles. The normalized spacial score (nSPS) is 29.9. The van der Waals surface area contributed by atoms with E-state index in [1.165, 1.54) is 6.42 Å². The number of piperazine rings is 1. The molecule has 0 radical (unpaired) electrons. The van der Waals surface area contributed by atoms with Crippen LogP contribution < -0.4 is 10.2 Å². The molecule has 118 valence electrons. The van der Waals surface area contributed by atoms with Crippen molar-refractivity contribution in [2.24, 2.45) is 0 Å². The number of aromatic nitrogens is 2. The molecule has 0 spiro atoms. The van der Waals surface area contributed by atoms with E-state index in [1.807, 2.05) is 6.92 Å². The lowest BCUT2D eigenvalue weighted by Gasteiger charge is -2.40. The van der Waals surface area contributed by atoms with Crippen LogP contribution in [-0.2, 0) is 4.74 Å². The van der Waals surface area contributed by atoms with E-state index < -0.39 is 0 Å². The second-order valence-corrected chi connectivity index (χ2v) is 6.87. The van der Waals surface area contributed by atoms with Gasteiger partial charge in [0.05, 0.1) is 11.7 Å². The van der Waals surface area contributed by atoms with Gasteiger partial charge < -0.3 is 15.0 Å². The van der Waals surface area contributed by atoms with Crippen molar-refractivity contribution in [1.82, 2.24) is 15.3 Å². The number of aryl methyl sites for hydroxylation is 1. The van der Waals surface area contributed by atoms with Crippen LogP contribution in [0.2, 0.25) is 0 Å². The van der Waals surface area contributed by atoms with Crippen LogP contribution in [-0.4, -0.2) is 47.2 Å². The summed E-state index contributed by atoms with van der Waals surface area (Å²) in [5.41, 5.74) is 1.38. The fourth-order valence-electron chi connectivity index (χ4n) is 3.97. The Kier molecular flexibility index (Phi) is 3.11. The van der Waals surface area contributed by atoms with E-state index in [0.29, 0.717) is 24.3 Å². The van der Waals surface area contributed by atoms with Gasteiger partial charge in [-0.1, -0.05) is 13.8 Å². The Morgan fingerprint density at radius 3 is 2.91 bits per heavy atom. The van der Waals surface area contributed by atoms with Crippen molar-refractivity contribution < 1.29 is 9.53 Å². The van der Waals surface area contributed by atoms with Gasteiger partial charge in [-0.25, -0.2) is 14.8 Å². The van der Waals surface area contributed by atoms with Gasteiger partial charge in [-0.2, -0.15) is 0 Å². The maximum atomic E-state index is 12.5. The van der Waals surface area contributed by atoms with Crippen LogP contribution in [0.25, 0.3) is 0 Å². The third-order valence-corrected chi connectivity index (χ3v) is 5.00. The Bertz CT molecular complexity index is 631. The van der Waals surface area contributed by atoms with Gasteiger partial charge in [0.25, 0.3) is 0 Å². The third kappa shape index (κ3) is 2.00. The first kappa shape index (κ1) is 13.9. The number of ether oxygens (including phenoxy) is 1. The van der Waals surface area contributed by atoms with Crippen LogP contribution in [0, 0.1) is 6.92 Å². The second-order valence-electron chi connectivity index (χ2n) is 6.87. The topological polar surface area (TPSA) is 67.3 Å². The Hall–Kier alpha value is -1.69. The largest absolute Gasteiger partial charge is 0.460 e. The summed E-state index contributed by atoms with van der Waals surface area (Å²) >= 11 is 0. The lowest BCUT2D eigenvalue weighted by Crippen LogP contribution is -2.59. The van der Waals surface area contributed by atoms with Crippen molar-refractivity contribution in [3.8, 4) is 0 Å². The number of nitrogens with zero attached hydrogens (tertiary/aromatic N) is 3. The van der Waals surface area contributed by atoms with Crippen molar-refractivity contribution >= 4 is 11.8 Å². The zero-order valence-corrected chi connectivity index (χ0v) is 13.3. The molecular weight excluding hydrogens is 280 g/mol. The zero-order chi connectivity index (χ0) is 15.4. The number of carbonyl (C=O) groups is 1. The summed E-state index contributed by atoms with van der Waals surface area (Å²) in [6.45, 7) is 7.32. The van der Waals surface area contributed by atoms with E-state index in [0.717, 1.165) is 30.3 Å². The minimum atomic E-state index is -0.274. The smallest absolute Gasteiger partial charge is 0.343 e. The van der Waals surface area contributed by atoms with E-state index in [2.05, 4.69) is 34.0 Å². The molecule has 4 heterocycles. The minimum absolute atomic E-state index is 0.166. The lowest BCUT2D eigenvalue weighted by atomic mass is 10.0. The predicted octanol–water partition coefficient (Wildman–Crippen LogP) is 1.39. The van der Waals surface area contributed by atoms with Gasteiger partial charge in [0.2, 0.25) is 0 Å². The number of anilines is 1.